The Morgan fingerprint density at radius 1 is 1.00 bits per heavy atom. The van der Waals surface area contributed by atoms with Gasteiger partial charge in [-0.3, -0.25) is 9.13 Å². The molecular formula is C17H21N3O3P2S. The Bertz CT molecular complexity index is 1090. The Kier molecular flexibility index (Phi) is 5.64. The summed E-state index contributed by atoms with van der Waals surface area (Å²) in [5, 5.41) is 0. The lowest BCUT2D eigenvalue weighted by atomic mass is 10.1. The maximum atomic E-state index is 12.8. The van der Waals surface area contributed by atoms with Crippen molar-refractivity contribution in [3.8, 4) is 0 Å². The number of nitrogens with one attached hydrogen (secondary N) is 1. The van der Waals surface area contributed by atoms with Crippen molar-refractivity contribution in [2.75, 3.05) is 6.26 Å². The van der Waals surface area contributed by atoms with E-state index < -0.39 is 10.0 Å². The molecule has 2 aromatic carbocycles. The van der Waals surface area contributed by atoms with E-state index in [1.807, 2.05) is 48.5 Å². The number of para-hydroxylation sites is 2. The highest BCUT2D eigenvalue weighted by molar-refractivity contribution is 7.88. The summed E-state index contributed by atoms with van der Waals surface area (Å²) in [6, 6.07) is 15.3. The quantitative estimate of drug-likeness (QED) is 0.634. The van der Waals surface area contributed by atoms with Crippen molar-refractivity contribution in [2.24, 2.45) is 0 Å². The molecule has 0 aliphatic heterocycles. The van der Waals surface area contributed by atoms with Crippen LogP contribution in [0.1, 0.15) is 16.7 Å². The largest absolute Gasteiger partial charge is 0.330 e. The molecule has 26 heavy (non-hydrogen) atoms. The molecule has 3 rings (SSSR count). The van der Waals surface area contributed by atoms with Crippen LogP contribution < -0.4 is 10.4 Å². The first-order chi connectivity index (χ1) is 12.3. The summed E-state index contributed by atoms with van der Waals surface area (Å²) in [5.41, 5.74) is 3.46. The number of nitrogens with zero attached hydrogens (tertiary/aromatic N) is 2. The third-order valence-corrected chi connectivity index (χ3v) is 5.33. The third-order valence-electron chi connectivity index (χ3n) is 4.07. The van der Waals surface area contributed by atoms with Crippen LogP contribution in [0.5, 0.6) is 0 Å². The molecule has 0 saturated carbocycles. The van der Waals surface area contributed by atoms with Gasteiger partial charge in [-0.1, -0.05) is 36.4 Å². The average molecular weight is 409 g/mol. The first kappa shape index (κ1) is 19.2. The van der Waals surface area contributed by atoms with Crippen LogP contribution in [-0.2, 0) is 23.1 Å². The van der Waals surface area contributed by atoms with Crippen molar-refractivity contribution >= 4 is 39.5 Å². The summed E-state index contributed by atoms with van der Waals surface area (Å²) in [6.45, 7) is 0.703. The predicted molar refractivity (Wildman–Crippen MR) is 112 cm³/mol. The number of hydrogen-bond donors (Lipinski definition) is 1. The lowest BCUT2D eigenvalue weighted by Gasteiger charge is -2.07. The van der Waals surface area contributed by atoms with E-state index in [0.29, 0.717) is 6.54 Å². The van der Waals surface area contributed by atoms with Crippen molar-refractivity contribution in [1.29, 1.82) is 0 Å². The maximum Gasteiger partial charge on any atom is 0.330 e. The van der Waals surface area contributed by atoms with Gasteiger partial charge in [-0.2, -0.15) is 0 Å². The van der Waals surface area contributed by atoms with Gasteiger partial charge in [-0.15, -0.1) is 18.5 Å². The van der Waals surface area contributed by atoms with Crippen LogP contribution >= 0.6 is 18.5 Å². The van der Waals surface area contributed by atoms with E-state index in [2.05, 4.69) is 23.2 Å². The van der Waals surface area contributed by atoms with Gasteiger partial charge in [0.25, 0.3) is 0 Å². The molecule has 1 N–H and O–H groups in total. The predicted octanol–water partition coefficient (Wildman–Crippen LogP) is 2.11. The van der Waals surface area contributed by atoms with Crippen LogP contribution in [0.25, 0.3) is 11.0 Å². The normalized spacial score (nSPS) is 12.2. The highest BCUT2D eigenvalue weighted by atomic mass is 32.2. The van der Waals surface area contributed by atoms with E-state index in [1.165, 1.54) is 0 Å². The smallest absolute Gasteiger partial charge is 0.287 e. The minimum atomic E-state index is -3.22. The second-order valence-corrected chi connectivity index (χ2v) is 10.1. The van der Waals surface area contributed by atoms with E-state index in [9.17, 15) is 13.2 Å². The lowest BCUT2D eigenvalue weighted by molar-refractivity contribution is 0.587. The molecule has 138 valence electrons. The number of hydrogen-bond acceptors (Lipinski definition) is 3. The molecule has 6 nitrogen and oxygen atoms in total. The summed E-state index contributed by atoms with van der Waals surface area (Å²) >= 11 is 0. The Hall–Kier alpha value is -1.52. The zero-order chi connectivity index (χ0) is 18.9. The molecule has 2 unspecified atom stereocenters. The van der Waals surface area contributed by atoms with Crippen molar-refractivity contribution in [1.82, 2.24) is 13.9 Å². The molecule has 0 spiro atoms. The number of sulfonamides is 1. The van der Waals surface area contributed by atoms with Crippen molar-refractivity contribution in [2.45, 2.75) is 18.6 Å². The highest BCUT2D eigenvalue weighted by Gasteiger charge is 2.15. The first-order valence-electron chi connectivity index (χ1n) is 7.99. The third kappa shape index (κ3) is 4.24. The number of benzene rings is 2. The van der Waals surface area contributed by atoms with Gasteiger partial charge in [-0.05, 0) is 23.3 Å². The minimum absolute atomic E-state index is 0.0657. The van der Waals surface area contributed by atoms with Crippen LogP contribution in [0.15, 0.2) is 53.3 Å². The molecule has 0 saturated heterocycles. The highest BCUT2D eigenvalue weighted by Crippen LogP contribution is 2.26. The van der Waals surface area contributed by atoms with Gasteiger partial charge in [-0.25, -0.2) is 17.9 Å². The zero-order valence-corrected chi connectivity index (χ0v) is 17.4. The van der Waals surface area contributed by atoms with E-state index >= 15 is 0 Å². The Morgan fingerprint density at radius 2 is 1.58 bits per heavy atom. The SMILES string of the molecule is CS(=O)(=O)NCc1ccc(Cn2c(=O)n(C(P)P)c3ccccc32)cc1. The monoisotopic (exact) mass is 409 g/mol. The summed E-state index contributed by atoms with van der Waals surface area (Å²) < 4.78 is 28.3. The fraction of sp³-hybridized carbons (Fsp3) is 0.235. The second kappa shape index (κ2) is 7.61. The van der Waals surface area contributed by atoms with Crippen LogP contribution in [-0.4, -0.2) is 23.8 Å². The van der Waals surface area contributed by atoms with Gasteiger partial charge in [0.2, 0.25) is 10.0 Å². The molecule has 0 aliphatic carbocycles. The van der Waals surface area contributed by atoms with E-state index in [0.717, 1.165) is 28.4 Å². The summed E-state index contributed by atoms with van der Waals surface area (Å²) in [5.74, 6) is 0. The van der Waals surface area contributed by atoms with E-state index in [4.69, 9.17) is 0 Å². The molecule has 1 heterocycles. The number of imidazole rings is 1. The van der Waals surface area contributed by atoms with Gasteiger partial charge >= 0.3 is 5.69 Å². The molecular weight excluding hydrogens is 388 g/mol. The maximum absolute atomic E-state index is 12.8. The fourth-order valence-electron chi connectivity index (χ4n) is 2.83. The van der Waals surface area contributed by atoms with Crippen molar-refractivity contribution in [3.63, 3.8) is 0 Å². The van der Waals surface area contributed by atoms with E-state index in [1.54, 1.807) is 9.13 Å². The summed E-state index contributed by atoms with van der Waals surface area (Å²) in [7, 11) is 2.03. The molecule has 0 aliphatic rings. The number of rotatable bonds is 6. The second-order valence-electron chi connectivity index (χ2n) is 6.13. The lowest BCUT2D eigenvalue weighted by Crippen LogP contribution is -2.24. The molecule has 0 radical (unpaired) electrons. The minimum Gasteiger partial charge on any atom is -0.287 e. The Morgan fingerprint density at radius 3 is 2.15 bits per heavy atom. The molecule has 0 fully saturated rings. The zero-order valence-electron chi connectivity index (χ0n) is 14.3. The summed E-state index contributed by atoms with van der Waals surface area (Å²) in [6.07, 6.45) is 1.13. The van der Waals surface area contributed by atoms with Gasteiger partial charge in [0, 0.05) is 6.54 Å². The topological polar surface area (TPSA) is 73.1 Å². The standard InChI is InChI=1S/C17H21N3O3P2S/c1-26(22,23)18-10-12-6-8-13(9-7-12)11-19-14-4-2-3-5-15(14)20(16(19)21)17(24)25/h2-9,17-18H,10-11,24-25H2,1H3. The van der Waals surface area contributed by atoms with Crippen molar-refractivity contribution < 1.29 is 8.42 Å². The van der Waals surface area contributed by atoms with Gasteiger partial charge in [0.05, 0.1) is 29.4 Å². The average Bonchev–Trinajstić information content (AvgIpc) is 2.86. The van der Waals surface area contributed by atoms with Crippen LogP contribution in [0.4, 0.5) is 0 Å². The molecule has 9 heteroatoms. The number of fused-ring (bicyclic) bond motifs is 1. The first-order valence-corrected chi connectivity index (χ1v) is 11.2. The Labute approximate surface area is 157 Å². The molecule has 1 aromatic heterocycles. The van der Waals surface area contributed by atoms with Crippen molar-refractivity contribution in [3.05, 3.63) is 70.1 Å². The molecule has 2 atom stereocenters. The van der Waals surface area contributed by atoms with Crippen LogP contribution in [0, 0.1) is 0 Å². The molecule has 3 aromatic rings. The van der Waals surface area contributed by atoms with Gasteiger partial charge in [0.1, 0.15) is 0 Å². The molecule has 0 bridgehead atoms. The van der Waals surface area contributed by atoms with Gasteiger partial charge in [0.15, 0.2) is 0 Å². The van der Waals surface area contributed by atoms with Gasteiger partial charge < -0.3 is 0 Å². The summed E-state index contributed by atoms with van der Waals surface area (Å²) in [4.78, 5) is 12.8. The number of aromatic nitrogens is 2. The van der Waals surface area contributed by atoms with Crippen LogP contribution in [0.3, 0.4) is 0 Å². The van der Waals surface area contributed by atoms with Crippen LogP contribution in [0.2, 0.25) is 0 Å². The fourth-order valence-corrected chi connectivity index (χ4v) is 3.84. The Balaban J connectivity index is 1.90. The molecule has 0 amide bonds. The van der Waals surface area contributed by atoms with E-state index in [-0.39, 0.29) is 17.8 Å².